The monoisotopic (exact) mass is 604 g/mol. The molecule has 4 rings (SSSR count). The fourth-order valence-corrected chi connectivity index (χ4v) is 5.06. The number of carboxylic acids is 2. The number of aromatic amines is 2. The van der Waals surface area contributed by atoms with Gasteiger partial charge in [-0.15, -0.1) is 0 Å². The lowest BCUT2D eigenvalue weighted by Crippen LogP contribution is -2.59. The van der Waals surface area contributed by atoms with Gasteiger partial charge in [-0.3, -0.25) is 19.2 Å². The minimum absolute atomic E-state index is 0.0855. The normalized spacial score (nSPS) is 14.1. The van der Waals surface area contributed by atoms with Gasteiger partial charge in [0.15, 0.2) is 0 Å². The first kappa shape index (κ1) is 31.8. The summed E-state index contributed by atoms with van der Waals surface area (Å²) in [5, 5.41) is 28.3. The lowest BCUT2D eigenvalue weighted by atomic mass is 10.00. The van der Waals surface area contributed by atoms with Crippen molar-refractivity contribution in [3.05, 3.63) is 72.1 Å². The van der Waals surface area contributed by atoms with Crippen LogP contribution in [0, 0.1) is 5.92 Å². The molecule has 44 heavy (non-hydrogen) atoms. The van der Waals surface area contributed by atoms with E-state index in [1.54, 1.807) is 32.3 Å². The summed E-state index contributed by atoms with van der Waals surface area (Å²) in [6.07, 6.45) is 2.71. The zero-order valence-electron chi connectivity index (χ0n) is 24.3. The fourth-order valence-electron chi connectivity index (χ4n) is 5.06. The van der Waals surface area contributed by atoms with Crippen LogP contribution in [0.25, 0.3) is 21.8 Å². The highest BCUT2D eigenvalue weighted by Crippen LogP contribution is 2.20. The second-order valence-electron chi connectivity index (χ2n) is 11.0. The van der Waals surface area contributed by atoms with Crippen LogP contribution in [0.15, 0.2) is 60.9 Å². The summed E-state index contributed by atoms with van der Waals surface area (Å²) >= 11 is 0. The number of hydrogen-bond donors (Lipinski definition) is 8. The maximum atomic E-state index is 13.3. The van der Waals surface area contributed by atoms with Gasteiger partial charge in [-0.2, -0.15) is 0 Å². The number of hydrogen-bond acceptors (Lipinski definition) is 6. The van der Waals surface area contributed by atoms with Crippen molar-refractivity contribution >= 4 is 51.5 Å². The maximum absolute atomic E-state index is 13.3. The predicted molar refractivity (Wildman–Crippen MR) is 162 cm³/mol. The molecule has 2 heterocycles. The Hall–Kier alpha value is -5.17. The van der Waals surface area contributed by atoms with Gasteiger partial charge in [0.2, 0.25) is 17.7 Å². The van der Waals surface area contributed by atoms with Crippen molar-refractivity contribution in [3.63, 3.8) is 0 Å². The number of aliphatic carboxylic acids is 2. The van der Waals surface area contributed by atoms with Gasteiger partial charge in [-0.25, -0.2) is 4.79 Å². The van der Waals surface area contributed by atoms with Crippen molar-refractivity contribution in [1.82, 2.24) is 25.9 Å². The highest BCUT2D eigenvalue weighted by Gasteiger charge is 2.33. The Morgan fingerprint density at radius 1 is 0.727 bits per heavy atom. The van der Waals surface area contributed by atoms with Crippen LogP contribution in [-0.4, -0.2) is 74.0 Å². The second-order valence-corrected chi connectivity index (χ2v) is 11.0. The molecule has 13 heteroatoms. The molecule has 4 atom stereocenters. The van der Waals surface area contributed by atoms with Gasteiger partial charge < -0.3 is 41.9 Å². The Bertz CT molecular complexity index is 1680. The number of benzene rings is 2. The average molecular weight is 605 g/mol. The molecule has 2 aromatic heterocycles. The number of aromatic nitrogens is 2. The molecule has 4 unspecified atom stereocenters. The molecule has 0 aliphatic heterocycles. The molecule has 0 spiro atoms. The van der Waals surface area contributed by atoms with Gasteiger partial charge in [0.25, 0.3) is 0 Å². The van der Waals surface area contributed by atoms with Crippen LogP contribution >= 0.6 is 0 Å². The van der Waals surface area contributed by atoms with Crippen LogP contribution in [0.4, 0.5) is 0 Å². The van der Waals surface area contributed by atoms with E-state index in [1.165, 1.54) is 0 Å². The predicted octanol–water partition coefficient (Wildman–Crippen LogP) is 1.43. The summed E-state index contributed by atoms with van der Waals surface area (Å²) in [4.78, 5) is 69.3. The number of fused-ring (bicyclic) bond motifs is 2. The molecule has 0 fully saturated rings. The van der Waals surface area contributed by atoms with E-state index < -0.39 is 66.2 Å². The zero-order chi connectivity index (χ0) is 32.0. The van der Waals surface area contributed by atoms with E-state index in [2.05, 4.69) is 25.9 Å². The molecule has 4 aromatic rings. The number of rotatable bonds is 14. The highest BCUT2D eigenvalue weighted by atomic mass is 16.4. The minimum atomic E-state index is -1.61. The number of nitrogens with two attached hydrogens (primary N) is 1. The van der Waals surface area contributed by atoms with E-state index >= 15 is 0 Å². The number of amides is 3. The van der Waals surface area contributed by atoms with Crippen molar-refractivity contribution in [1.29, 1.82) is 0 Å². The first-order valence-corrected chi connectivity index (χ1v) is 14.2. The molecule has 3 amide bonds. The molecule has 13 nitrogen and oxygen atoms in total. The number of carbonyl (C=O) groups excluding carboxylic acids is 3. The summed E-state index contributed by atoms with van der Waals surface area (Å²) in [7, 11) is 0. The van der Waals surface area contributed by atoms with Crippen molar-refractivity contribution in [2.75, 3.05) is 0 Å². The topological polar surface area (TPSA) is 219 Å². The molecule has 2 aromatic carbocycles. The van der Waals surface area contributed by atoms with Crippen molar-refractivity contribution in [2.45, 2.75) is 57.3 Å². The van der Waals surface area contributed by atoms with E-state index in [9.17, 15) is 34.2 Å². The summed E-state index contributed by atoms with van der Waals surface area (Å²) in [6.45, 7) is 3.34. The number of carbonyl (C=O) groups is 5. The first-order valence-electron chi connectivity index (χ1n) is 14.2. The number of carboxylic acid groups (broad SMARTS) is 2. The number of nitrogens with one attached hydrogen (secondary N) is 5. The fraction of sp³-hybridized carbons (Fsp3) is 0.323. The van der Waals surface area contributed by atoms with Gasteiger partial charge in [0, 0.05) is 40.6 Å². The largest absolute Gasteiger partial charge is 0.481 e. The van der Waals surface area contributed by atoms with Crippen LogP contribution in [0.5, 0.6) is 0 Å². The van der Waals surface area contributed by atoms with E-state index in [-0.39, 0.29) is 12.8 Å². The van der Waals surface area contributed by atoms with Crippen molar-refractivity contribution < 1.29 is 34.2 Å². The van der Waals surface area contributed by atoms with Crippen molar-refractivity contribution in [2.24, 2.45) is 11.7 Å². The van der Waals surface area contributed by atoms with E-state index in [0.717, 1.165) is 27.4 Å². The van der Waals surface area contributed by atoms with E-state index in [4.69, 9.17) is 5.73 Å². The third-order valence-electron chi connectivity index (χ3n) is 7.42. The Labute approximate surface area is 252 Å². The number of para-hydroxylation sites is 2. The van der Waals surface area contributed by atoms with Crippen LogP contribution in [0.2, 0.25) is 0 Å². The lowest BCUT2D eigenvalue weighted by Gasteiger charge is -2.26. The van der Waals surface area contributed by atoms with Crippen molar-refractivity contribution in [3.8, 4) is 0 Å². The molecule has 232 valence electrons. The summed E-state index contributed by atoms with van der Waals surface area (Å²) in [6, 6.07) is 9.64. The summed E-state index contributed by atoms with van der Waals surface area (Å²) in [5.41, 5.74) is 9.32. The third kappa shape index (κ3) is 7.61. The molecule has 9 N–H and O–H groups in total. The highest BCUT2D eigenvalue weighted by molar-refractivity contribution is 5.96. The van der Waals surface area contributed by atoms with Crippen LogP contribution in [0.3, 0.4) is 0 Å². The van der Waals surface area contributed by atoms with Gasteiger partial charge >= 0.3 is 11.9 Å². The summed E-state index contributed by atoms with van der Waals surface area (Å²) in [5.74, 6) is -5.58. The molecule has 0 saturated carbocycles. The minimum Gasteiger partial charge on any atom is -0.481 e. The third-order valence-corrected chi connectivity index (χ3v) is 7.42. The Morgan fingerprint density at radius 2 is 1.25 bits per heavy atom. The SMILES string of the molecule is CC(C)C(NC(=O)C(N)Cc1c[nH]c2ccccc12)C(=O)NC(CC(=O)O)C(=O)NC(Cc1c[nH]c2ccccc12)C(=O)O. The molecule has 0 aliphatic rings. The Balaban J connectivity index is 1.43. The maximum Gasteiger partial charge on any atom is 0.326 e. The van der Waals surface area contributed by atoms with Gasteiger partial charge in [0.05, 0.1) is 12.5 Å². The average Bonchev–Trinajstić information content (AvgIpc) is 3.58. The smallest absolute Gasteiger partial charge is 0.326 e. The van der Waals surface area contributed by atoms with Gasteiger partial charge in [-0.05, 0) is 35.6 Å². The van der Waals surface area contributed by atoms with E-state index in [0.29, 0.717) is 5.56 Å². The van der Waals surface area contributed by atoms with Crippen LogP contribution < -0.4 is 21.7 Å². The quantitative estimate of drug-likeness (QED) is 0.105. The molecule has 0 radical (unpaired) electrons. The van der Waals surface area contributed by atoms with Gasteiger partial charge in [0.1, 0.15) is 18.1 Å². The van der Waals surface area contributed by atoms with Gasteiger partial charge in [-0.1, -0.05) is 50.2 Å². The van der Waals surface area contributed by atoms with Crippen LogP contribution in [-0.2, 0) is 36.8 Å². The Kier molecular flexibility index (Phi) is 10.0. The van der Waals surface area contributed by atoms with Crippen LogP contribution in [0.1, 0.15) is 31.4 Å². The zero-order valence-corrected chi connectivity index (χ0v) is 24.3. The van der Waals surface area contributed by atoms with E-state index in [1.807, 2.05) is 42.5 Å². The molecule has 0 bridgehead atoms. The molecule has 0 aliphatic carbocycles. The standard InChI is InChI=1S/C31H36N6O7/c1-16(2)27(37-28(40)21(32)11-17-14-33-22-9-5-3-7-19(17)22)30(42)35-24(13-26(38)39)29(41)36-25(31(43)44)12-18-15-34-23-10-6-4-8-20(18)23/h3-10,14-16,21,24-25,27,33-34H,11-13,32H2,1-2H3,(H,35,42)(H,36,41)(H,37,40)(H,38,39)(H,43,44). The first-order chi connectivity index (χ1) is 20.9. The molecular weight excluding hydrogens is 568 g/mol. The molecule has 0 saturated heterocycles. The molecular formula is C31H36N6O7. The summed E-state index contributed by atoms with van der Waals surface area (Å²) < 4.78 is 0. The Morgan fingerprint density at radius 3 is 1.77 bits per heavy atom. The number of H-pyrrole nitrogens is 2. The lowest BCUT2D eigenvalue weighted by molar-refractivity contribution is -0.143. The second kappa shape index (κ2) is 13.9.